The summed E-state index contributed by atoms with van der Waals surface area (Å²) in [7, 11) is 0. The SMILES string of the molecule is CC(C)=CCN1CCC(NC(CO)c2ccco2)CC1. The van der Waals surface area contributed by atoms with Crippen molar-refractivity contribution in [3.8, 4) is 0 Å². The van der Waals surface area contributed by atoms with Gasteiger partial charge in [-0.3, -0.25) is 4.90 Å². The minimum absolute atomic E-state index is 0.0749. The van der Waals surface area contributed by atoms with Gasteiger partial charge < -0.3 is 14.8 Å². The molecule has 1 aliphatic rings. The summed E-state index contributed by atoms with van der Waals surface area (Å²) in [5.41, 5.74) is 1.38. The number of furan rings is 1. The van der Waals surface area contributed by atoms with Crippen LogP contribution in [-0.4, -0.2) is 42.3 Å². The van der Waals surface area contributed by atoms with Crippen LogP contribution in [0, 0.1) is 0 Å². The van der Waals surface area contributed by atoms with E-state index in [0.717, 1.165) is 38.2 Å². The molecule has 0 saturated carbocycles. The van der Waals surface area contributed by atoms with E-state index in [1.807, 2.05) is 12.1 Å². The maximum atomic E-state index is 9.49. The largest absolute Gasteiger partial charge is 0.468 e. The van der Waals surface area contributed by atoms with E-state index in [9.17, 15) is 5.11 Å². The zero-order valence-corrected chi connectivity index (χ0v) is 12.5. The van der Waals surface area contributed by atoms with Gasteiger partial charge in [0, 0.05) is 12.6 Å². The number of rotatable bonds is 6. The minimum atomic E-state index is -0.0840. The summed E-state index contributed by atoms with van der Waals surface area (Å²) < 4.78 is 5.37. The third-order valence-corrected chi connectivity index (χ3v) is 3.85. The van der Waals surface area contributed by atoms with E-state index < -0.39 is 0 Å². The maximum Gasteiger partial charge on any atom is 0.123 e. The molecule has 0 radical (unpaired) electrons. The Bertz CT molecular complexity index is 402. The molecule has 2 rings (SSSR count). The molecule has 1 aromatic heterocycles. The Morgan fingerprint density at radius 3 is 2.80 bits per heavy atom. The minimum Gasteiger partial charge on any atom is -0.468 e. The number of aliphatic hydroxyl groups is 1. The molecule has 1 aromatic rings. The quantitative estimate of drug-likeness (QED) is 0.784. The Morgan fingerprint density at radius 1 is 1.50 bits per heavy atom. The third kappa shape index (κ3) is 4.47. The number of piperidine rings is 1. The topological polar surface area (TPSA) is 48.6 Å². The van der Waals surface area contributed by atoms with Crippen molar-refractivity contribution in [3.05, 3.63) is 35.8 Å². The highest BCUT2D eigenvalue weighted by molar-refractivity contribution is 5.05. The van der Waals surface area contributed by atoms with Crippen molar-refractivity contribution in [1.29, 1.82) is 0 Å². The van der Waals surface area contributed by atoms with E-state index >= 15 is 0 Å². The first-order valence-electron chi connectivity index (χ1n) is 7.45. The zero-order valence-electron chi connectivity index (χ0n) is 12.5. The van der Waals surface area contributed by atoms with Gasteiger partial charge in [0.25, 0.3) is 0 Å². The smallest absolute Gasteiger partial charge is 0.123 e. The van der Waals surface area contributed by atoms with Crippen LogP contribution >= 0.6 is 0 Å². The molecule has 4 nitrogen and oxygen atoms in total. The Balaban J connectivity index is 1.77. The van der Waals surface area contributed by atoms with Crippen molar-refractivity contribution in [1.82, 2.24) is 10.2 Å². The Labute approximate surface area is 121 Å². The molecule has 0 aromatic carbocycles. The van der Waals surface area contributed by atoms with Gasteiger partial charge in [-0.05, 0) is 51.9 Å². The zero-order chi connectivity index (χ0) is 14.4. The molecule has 1 saturated heterocycles. The second kappa shape index (κ2) is 7.62. The molecule has 4 heteroatoms. The van der Waals surface area contributed by atoms with E-state index in [2.05, 4.69) is 30.1 Å². The van der Waals surface area contributed by atoms with E-state index in [4.69, 9.17) is 4.42 Å². The molecule has 0 bridgehead atoms. The molecule has 1 atom stereocenters. The number of hydrogen-bond donors (Lipinski definition) is 2. The second-order valence-electron chi connectivity index (χ2n) is 5.77. The Morgan fingerprint density at radius 2 is 2.25 bits per heavy atom. The molecule has 112 valence electrons. The molecule has 2 N–H and O–H groups in total. The first kappa shape index (κ1) is 15.3. The van der Waals surface area contributed by atoms with E-state index in [-0.39, 0.29) is 12.6 Å². The molecule has 2 heterocycles. The van der Waals surface area contributed by atoms with Gasteiger partial charge in [0.05, 0.1) is 18.9 Å². The van der Waals surface area contributed by atoms with Crippen molar-refractivity contribution in [2.24, 2.45) is 0 Å². The van der Waals surface area contributed by atoms with E-state index in [1.165, 1.54) is 5.57 Å². The summed E-state index contributed by atoms with van der Waals surface area (Å²) in [5.74, 6) is 0.819. The lowest BCUT2D eigenvalue weighted by molar-refractivity contribution is 0.172. The van der Waals surface area contributed by atoms with Crippen molar-refractivity contribution >= 4 is 0 Å². The van der Waals surface area contributed by atoms with Crippen LogP contribution in [0.5, 0.6) is 0 Å². The highest BCUT2D eigenvalue weighted by atomic mass is 16.3. The fourth-order valence-electron chi connectivity index (χ4n) is 2.59. The monoisotopic (exact) mass is 278 g/mol. The summed E-state index contributed by atoms with van der Waals surface area (Å²) in [4.78, 5) is 2.48. The molecule has 0 aliphatic carbocycles. The van der Waals surface area contributed by atoms with E-state index in [0.29, 0.717) is 6.04 Å². The standard InChI is InChI=1S/C16H26N2O2/c1-13(2)5-8-18-9-6-14(7-10-18)17-15(12-19)16-4-3-11-20-16/h3-5,11,14-15,17,19H,6-10,12H2,1-2H3. The summed E-state index contributed by atoms with van der Waals surface area (Å²) in [6.45, 7) is 7.63. The van der Waals surface area contributed by atoms with Gasteiger partial charge in [0.2, 0.25) is 0 Å². The molecule has 1 unspecified atom stereocenters. The molecule has 1 fully saturated rings. The second-order valence-corrected chi connectivity index (χ2v) is 5.77. The van der Waals surface area contributed by atoms with Crippen LogP contribution in [0.25, 0.3) is 0 Å². The molecular weight excluding hydrogens is 252 g/mol. The lowest BCUT2D eigenvalue weighted by Crippen LogP contribution is -2.44. The van der Waals surface area contributed by atoms with Gasteiger partial charge in [0.15, 0.2) is 0 Å². The van der Waals surface area contributed by atoms with Crippen LogP contribution in [0.4, 0.5) is 0 Å². The number of likely N-dealkylation sites (tertiary alicyclic amines) is 1. The van der Waals surface area contributed by atoms with Crippen LogP contribution in [0.2, 0.25) is 0 Å². The lowest BCUT2D eigenvalue weighted by Gasteiger charge is -2.33. The van der Waals surface area contributed by atoms with Crippen molar-refractivity contribution < 1.29 is 9.52 Å². The Kier molecular flexibility index (Phi) is 5.83. The number of nitrogens with one attached hydrogen (secondary N) is 1. The summed E-state index contributed by atoms with van der Waals surface area (Å²) in [6, 6.07) is 4.15. The average Bonchev–Trinajstić information content (AvgIpc) is 2.97. The molecule has 0 amide bonds. The number of nitrogens with zero attached hydrogens (tertiary/aromatic N) is 1. The van der Waals surface area contributed by atoms with Crippen LogP contribution in [0.15, 0.2) is 34.5 Å². The van der Waals surface area contributed by atoms with Gasteiger partial charge in [-0.2, -0.15) is 0 Å². The van der Waals surface area contributed by atoms with Crippen LogP contribution < -0.4 is 5.32 Å². The molecule has 0 spiro atoms. The summed E-state index contributed by atoms with van der Waals surface area (Å²) >= 11 is 0. The van der Waals surface area contributed by atoms with Gasteiger partial charge in [-0.15, -0.1) is 0 Å². The molecule has 20 heavy (non-hydrogen) atoms. The van der Waals surface area contributed by atoms with Gasteiger partial charge in [0.1, 0.15) is 5.76 Å². The van der Waals surface area contributed by atoms with Crippen LogP contribution in [0.1, 0.15) is 38.5 Å². The summed E-state index contributed by atoms with van der Waals surface area (Å²) in [6.07, 6.45) is 6.18. The highest BCUT2D eigenvalue weighted by Crippen LogP contribution is 2.18. The maximum absolute atomic E-state index is 9.49. The van der Waals surface area contributed by atoms with Crippen LogP contribution in [-0.2, 0) is 0 Å². The van der Waals surface area contributed by atoms with Crippen molar-refractivity contribution in [2.75, 3.05) is 26.2 Å². The molecule has 1 aliphatic heterocycles. The predicted molar refractivity (Wildman–Crippen MR) is 80.6 cm³/mol. The predicted octanol–water partition coefficient (Wildman–Crippen LogP) is 2.33. The number of aliphatic hydroxyl groups excluding tert-OH is 1. The van der Waals surface area contributed by atoms with Gasteiger partial charge >= 0.3 is 0 Å². The van der Waals surface area contributed by atoms with E-state index in [1.54, 1.807) is 6.26 Å². The number of allylic oxidation sites excluding steroid dienone is 1. The highest BCUT2D eigenvalue weighted by Gasteiger charge is 2.22. The first-order valence-corrected chi connectivity index (χ1v) is 7.45. The normalized spacial score (nSPS) is 18.9. The Hall–Kier alpha value is -1.10. The fraction of sp³-hybridized carbons (Fsp3) is 0.625. The van der Waals surface area contributed by atoms with Gasteiger partial charge in [-0.25, -0.2) is 0 Å². The van der Waals surface area contributed by atoms with Crippen LogP contribution in [0.3, 0.4) is 0 Å². The third-order valence-electron chi connectivity index (χ3n) is 3.85. The van der Waals surface area contributed by atoms with Crippen molar-refractivity contribution in [2.45, 2.75) is 38.8 Å². The summed E-state index contributed by atoms with van der Waals surface area (Å²) in [5, 5.41) is 13.0. The van der Waals surface area contributed by atoms with Crippen molar-refractivity contribution in [3.63, 3.8) is 0 Å². The fourth-order valence-corrected chi connectivity index (χ4v) is 2.59. The first-order chi connectivity index (χ1) is 9.69. The average molecular weight is 278 g/mol. The van der Waals surface area contributed by atoms with Gasteiger partial charge in [-0.1, -0.05) is 11.6 Å². The lowest BCUT2D eigenvalue weighted by atomic mass is 10.0. The number of hydrogen-bond acceptors (Lipinski definition) is 4. The molecular formula is C16H26N2O2.